The lowest BCUT2D eigenvalue weighted by Gasteiger charge is -2.29. The van der Waals surface area contributed by atoms with E-state index in [1.165, 1.54) is 24.8 Å². The molecule has 212 valence electrons. The number of ether oxygens (including phenoxy) is 1. The molecule has 0 unspecified atom stereocenters. The van der Waals surface area contributed by atoms with Crippen LogP contribution in [0.3, 0.4) is 0 Å². The molecule has 1 fully saturated rings. The molecule has 7 heteroatoms. The van der Waals surface area contributed by atoms with Gasteiger partial charge >= 0.3 is 0 Å². The van der Waals surface area contributed by atoms with Crippen LogP contribution >= 0.6 is 15.9 Å². The standard InChI is InChI=1S/C33H41BrN4O2/c1-40-32-14-11-27(21-29(32)24-36-16-6-3-7-17-36)33(39)38-20-19-37(23-26-9-4-2-5-10-26)18-8-15-35-31-13-12-30(34)22-28(31)25-38/h2,4-5,9-14,21-22,35H,3,6-8,15-20,23-25H2,1H3. The second-order valence-corrected chi connectivity index (χ2v) is 11.8. The van der Waals surface area contributed by atoms with Crippen LogP contribution in [0, 0.1) is 0 Å². The molecule has 5 rings (SSSR count). The van der Waals surface area contributed by atoms with Crippen LogP contribution in [0.5, 0.6) is 5.75 Å². The van der Waals surface area contributed by atoms with Gasteiger partial charge in [0.05, 0.1) is 7.11 Å². The van der Waals surface area contributed by atoms with Crippen LogP contribution in [0.1, 0.15) is 52.7 Å². The SMILES string of the molecule is COc1ccc(C(=O)N2CCN(Cc3ccccc3)CCCNc3ccc(Br)cc3C2)cc1CN1CCCCC1. The molecule has 1 amide bonds. The zero-order valence-electron chi connectivity index (χ0n) is 23.6. The molecule has 0 bridgehead atoms. The minimum atomic E-state index is 0.0624. The number of piperidine rings is 1. The number of carbonyl (C=O) groups is 1. The van der Waals surface area contributed by atoms with E-state index in [0.717, 1.165) is 84.8 Å². The molecule has 2 aliphatic rings. The number of rotatable bonds is 6. The van der Waals surface area contributed by atoms with Gasteiger partial charge in [0.2, 0.25) is 0 Å². The van der Waals surface area contributed by atoms with E-state index in [9.17, 15) is 4.79 Å². The number of carbonyl (C=O) groups excluding carboxylic acids is 1. The molecule has 3 aromatic rings. The summed E-state index contributed by atoms with van der Waals surface area (Å²) in [7, 11) is 1.72. The van der Waals surface area contributed by atoms with Gasteiger partial charge < -0.3 is 15.0 Å². The lowest BCUT2D eigenvalue weighted by atomic mass is 10.1. The van der Waals surface area contributed by atoms with E-state index in [-0.39, 0.29) is 5.91 Å². The molecular formula is C33H41BrN4O2. The van der Waals surface area contributed by atoms with Crippen LogP contribution in [0.25, 0.3) is 0 Å². The van der Waals surface area contributed by atoms with Gasteiger partial charge in [0.25, 0.3) is 5.91 Å². The molecule has 1 N–H and O–H groups in total. The summed E-state index contributed by atoms with van der Waals surface area (Å²) in [5.74, 6) is 0.916. The Morgan fingerprint density at radius 2 is 1.62 bits per heavy atom. The second kappa shape index (κ2) is 14.2. The minimum absolute atomic E-state index is 0.0624. The van der Waals surface area contributed by atoms with E-state index < -0.39 is 0 Å². The quantitative estimate of drug-likeness (QED) is 0.352. The van der Waals surface area contributed by atoms with E-state index in [0.29, 0.717) is 13.1 Å². The Bertz CT molecular complexity index is 1260. The van der Waals surface area contributed by atoms with Gasteiger partial charge in [0, 0.05) is 67.1 Å². The van der Waals surface area contributed by atoms with Crippen molar-refractivity contribution in [1.82, 2.24) is 14.7 Å². The van der Waals surface area contributed by atoms with Gasteiger partial charge in [-0.15, -0.1) is 0 Å². The average molecular weight is 606 g/mol. The lowest BCUT2D eigenvalue weighted by Crippen LogP contribution is -2.38. The number of amides is 1. The normalized spacial score (nSPS) is 17.4. The average Bonchev–Trinajstić information content (AvgIpc) is 3.02. The lowest BCUT2D eigenvalue weighted by molar-refractivity contribution is 0.0720. The third kappa shape index (κ3) is 7.65. The van der Waals surface area contributed by atoms with Gasteiger partial charge in [-0.05, 0) is 79.9 Å². The number of fused-ring (bicyclic) bond motifs is 1. The molecule has 6 nitrogen and oxygen atoms in total. The Morgan fingerprint density at radius 3 is 2.42 bits per heavy atom. The van der Waals surface area contributed by atoms with Crippen LogP contribution in [0.15, 0.2) is 71.2 Å². The summed E-state index contributed by atoms with van der Waals surface area (Å²) in [5, 5.41) is 3.63. The molecule has 0 atom stereocenters. The van der Waals surface area contributed by atoms with Gasteiger partial charge in [-0.3, -0.25) is 14.6 Å². The number of nitrogens with zero attached hydrogens (tertiary/aromatic N) is 3. The van der Waals surface area contributed by atoms with Gasteiger partial charge in [-0.1, -0.05) is 52.7 Å². The number of nitrogens with one attached hydrogen (secondary N) is 1. The number of hydrogen-bond acceptors (Lipinski definition) is 5. The van der Waals surface area contributed by atoms with Crippen LogP contribution in [-0.4, -0.2) is 67.0 Å². The Kier molecular flexibility index (Phi) is 10.1. The van der Waals surface area contributed by atoms with Crippen LogP contribution in [0.2, 0.25) is 0 Å². The van der Waals surface area contributed by atoms with E-state index in [1.54, 1.807) is 7.11 Å². The maximum atomic E-state index is 14.2. The van der Waals surface area contributed by atoms with Crippen molar-refractivity contribution in [1.29, 1.82) is 0 Å². The van der Waals surface area contributed by atoms with Crippen LogP contribution < -0.4 is 10.1 Å². The number of hydrogen-bond donors (Lipinski definition) is 1. The summed E-state index contributed by atoms with van der Waals surface area (Å²) < 4.78 is 6.73. The second-order valence-electron chi connectivity index (χ2n) is 10.9. The zero-order valence-corrected chi connectivity index (χ0v) is 25.2. The first-order valence-electron chi connectivity index (χ1n) is 14.6. The topological polar surface area (TPSA) is 48.1 Å². The number of benzene rings is 3. The van der Waals surface area contributed by atoms with E-state index in [4.69, 9.17) is 4.74 Å². The Labute approximate surface area is 247 Å². The molecule has 0 aliphatic carbocycles. The molecule has 40 heavy (non-hydrogen) atoms. The van der Waals surface area contributed by atoms with E-state index >= 15 is 0 Å². The highest BCUT2D eigenvalue weighted by Gasteiger charge is 2.22. The largest absolute Gasteiger partial charge is 0.496 e. The Balaban J connectivity index is 1.41. The molecule has 0 spiro atoms. The summed E-state index contributed by atoms with van der Waals surface area (Å²) in [4.78, 5) is 21.1. The monoisotopic (exact) mass is 604 g/mol. The van der Waals surface area contributed by atoms with Crippen molar-refractivity contribution in [2.45, 2.75) is 45.3 Å². The highest BCUT2D eigenvalue weighted by Crippen LogP contribution is 2.27. The Morgan fingerprint density at radius 1 is 0.850 bits per heavy atom. The number of likely N-dealkylation sites (tertiary alicyclic amines) is 1. The van der Waals surface area contributed by atoms with E-state index in [2.05, 4.69) is 85.6 Å². The summed E-state index contributed by atoms with van der Waals surface area (Å²) in [6.07, 6.45) is 4.80. The summed E-state index contributed by atoms with van der Waals surface area (Å²) in [5.41, 5.74) is 5.33. The summed E-state index contributed by atoms with van der Waals surface area (Å²) in [6.45, 7) is 7.79. The third-order valence-corrected chi connectivity index (χ3v) is 8.48. The summed E-state index contributed by atoms with van der Waals surface area (Å²) in [6, 6.07) is 22.9. The van der Waals surface area contributed by atoms with Crippen LogP contribution in [0.4, 0.5) is 5.69 Å². The fourth-order valence-electron chi connectivity index (χ4n) is 5.80. The molecule has 2 heterocycles. The summed E-state index contributed by atoms with van der Waals surface area (Å²) >= 11 is 3.65. The molecule has 0 saturated carbocycles. The van der Waals surface area contributed by atoms with E-state index in [1.807, 2.05) is 17.0 Å². The van der Waals surface area contributed by atoms with Gasteiger partial charge in [0.1, 0.15) is 5.75 Å². The highest BCUT2D eigenvalue weighted by molar-refractivity contribution is 9.10. The third-order valence-electron chi connectivity index (χ3n) is 7.99. The molecular weight excluding hydrogens is 564 g/mol. The van der Waals surface area contributed by atoms with Crippen molar-refractivity contribution in [3.05, 3.63) is 93.5 Å². The predicted molar refractivity (Wildman–Crippen MR) is 166 cm³/mol. The van der Waals surface area contributed by atoms with Gasteiger partial charge in [-0.2, -0.15) is 0 Å². The van der Waals surface area contributed by atoms with Crippen LogP contribution in [-0.2, 0) is 19.6 Å². The molecule has 0 radical (unpaired) electrons. The van der Waals surface area contributed by atoms with Crippen molar-refractivity contribution in [3.8, 4) is 5.75 Å². The first kappa shape index (κ1) is 28.7. The maximum Gasteiger partial charge on any atom is 0.254 e. The van der Waals surface area contributed by atoms with Crippen molar-refractivity contribution >= 4 is 27.5 Å². The van der Waals surface area contributed by atoms with Crippen molar-refractivity contribution in [2.24, 2.45) is 0 Å². The number of anilines is 1. The molecule has 2 aliphatic heterocycles. The number of halogens is 1. The highest BCUT2D eigenvalue weighted by atomic mass is 79.9. The fraction of sp³-hybridized carbons (Fsp3) is 0.424. The van der Waals surface area contributed by atoms with Gasteiger partial charge in [-0.25, -0.2) is 0 Å². The Hall–Kier alpha value is -2.87. The zero-order chi connectivity index (χ0) is 27.7. The van der Waals surface area contributed by atoms with Crippen molar-refractivity contribution in [2.75, 3.05) is 51.7 Å². The first-order chi connectivity index (χ1) is 19.6. The smallest absolute Gasteiger partial charge is 0.254 e. The maximum absolute atomic E-state index is 14.2. The molecule has 1 saturated heterocycles. The first-order valence-corrected chi connectivity index (χ1v) is 15.4. The molecule has 3 aromatic carbocycles. The van der Waals surface area contributed by atoms with Crippen molar-refractivity contribution in [3.63, 3.8) is 0 Å². The predicted octanol–water partition coefficient (Wildman–Crippen LogP) is 6.40. The minimum Gasteiger partial charge on any atom is -0.496 e. The fourth-order valence-corrected chi connectivity index (χ4v) is 6.21. The van der Waals surface area contributed by atoms with Crippen molar-refractivity contribution < 1.29 is 9.53 Å². The number of methoxy groups -OCH3 is 1. The van der Waals surface area contributed by atoms with Gasteiger partial charge in [0.15, 0.2) is 0 Å². The molecule has 0 aromatic heterocycles.